The number of methoxy groups -OCH3 is 3. The lowest BCUT2D eigenvalue weighted by Crippen LogP contribution is -2.24. The Morgan fingerprint density at radius 3 is 2.42 bits per heavy atom. The molecule has 1 aromatic heterocycles. The van der Waals surface area contributed by atoms with Crippen molar-refractivity contribution in [3.05, 3.63) is 99.6 Å². The van der Waals surface area contributed by atoms with Crippen LogP contribution < -0.4 is 24.8 Å². The summed E-state index contributed by atoms with van der Waals surface area (Å²) >= 11 is 0. The number of hydrogen-bond acceptors (Lipinski definition) is 10. The van der Waals surface area contributed by atoms with E-state index in [1.54, 1.807) is 50.5 Å². The van der Waals surface area contributed by atoms with Crippen LogP contribution in [0.2, 0.25) is 0 Å². The fourth-order valence-electron chi connectivity index (χ4n) is 4.73. The molecule has 222 valence electrons. The molecule has 3 aromatic carbocycles. The number of pyridine rings is 1. The van der Waals surface area contributed by atoms with E-state index < -0.39 is 4.92 Å². The maximum absolute atomic E-state index is 13.8. The molecule has 12 nitrogen and oxygen atoms in total. The molecule has 1 aliphatic heterocycles. The van der Waals surface area contributed by atoms with Crippen molar-refractivity contribution in [2.45, 2.75) is 13.1 Å². The zero-order chi connectivity index (χ0) is 30.3. The van der Waals surface area contributed by atoms with Crippen LogP contribution in [0.1, 0.15) is 21.5 Å². The zero-order valence-corrected chi connectivity index (χ0v) is 24.0. The lowest BCUT2D eigenvalue weighted by Gasteiger charge is -2.18. The number of nitro groups is 1. The van der Waals surface area contributed by atoms with Crippen LogP contribution >= 0.6 is 0 Å². The largest absolute Gasteiger partial charge is 0.497 e. The first-order valence-corrected chi connectivity index (χ1v) is 13.4. The van der Waals surface area contributed by atoms with E-state index in [1.165, 1.54) is 12.1 Å². The van der Waals surface area contributed by atoms with Gasteiger partial charge in [-0.3, -0.25) is 14.9 Å². The molecule has 4 aromatic rings. The molecule has 5 rings (SSSR count). The Labute approximate surface area is 248 Å². The third-order valence-electron chi connectivity index (χ3n) is 6.82. The highest BCUT2D eigenvalue weighted by molar-refractivity contribution is 6.03. The van der Waals surface area contributed by atoms with E-state index in [4.69, 9.17) is 23.9 Å². The summed E-state index contributed by atoms with van der Waals surface area (Å²) < 4.78 is 21.5. The maximum Gasteiger partial charge on any atom is 0.271 e. The predicted octanol–water partition coefficient (Wildman–Crippen LogP) is 5.68. The number of nitrogens with zero attached hydrogens (tertiary/aromatic N) is 3. The van der Waals surface area contributed by atoms with Gasteiger partial charge in [-0.1, -0.05) is 6.07 Å². The molecule has 0 bridgehead atoms. The van der Waals surface area contributed by atoms with Gasteiger partial charge in [0.25, 0.3) is 11.6 Å². The number of ether oxygens (including phenoxy) is 4. The number of fused-ring (bicyclic) bond motifs is 1. The molecule has 0 unspecified atom stereocenters. The quantitative estimate of drug-likeness (QED) is 0.115. The van der Waals surface area contributed by atoms with E-state index in [2.05, 4.69) is 10.6 Å². The van der Waals surface area contributed by atoms with Gasteiger partial charge in [0.05, 0.1) is 31.3 Å². The third kappa shape index (κ3) is 6.76. The Morgan fingerprint density at radius 1 is 0.907 bits per heavy atom. The van der Waals surface area contributed by atoms with Crippen molar-refractivity contribution in [1.82, 2.24) is 9.88 Å². The number of carbonyl (C=O) groups is 1. The van der Waals surface area contributed by atoms with E-state index in [9.17, 15) is 14.9 Å². The van der Waals surface area contributed by atoms with E-state index in [0.717, 1.165) is 11.1 Å². The number of aromatic nitrogens is 1. The molecule has 43 heavy (non-hydrogen) atoms. The molecule has 0 atom stereocenters. The normalized spacial score (nSPS) is 12.1. The molecule has 1 aliphatic rings. The highest BCUT2D eigenvalue weighted by Crippen LogP contribution is 2.36. The monoisotopic (exact) mass is 585 g/mol. The molecule has 0 spiro atoms. The zero-order valence-electron chi connectivity index (χ0n) is 24.0. The van der Waals surface area contributed by atoms with E-state index in [-0.39, 0.29) is 11.6 Å². The van der Waals surface area contributed by atoms with Crippen molar-refractivity contribution in [3.8, 4) is 17.2 Å². The third-order valence-corrected chi connectivity index (χ3v) is 6.82. The fraction of sp³-hybridized carbons (Fsp3) is 0.226. The van der Waals surface area contributed by atoms with Crippen molar-refractivity contribution in [2.75, 3.05) is 45.2 Å². The number of amides is 1. The Kier molecular flexibility index (Phi) is 8.87. The van der Waals surface area contributed by atoms with Gasteiger partial charge in [0.2, 0.25) is 0 Å². The molecule has 1 amide bonds. The van der Waals surface area contributed by atoms with Gasteiger partial charge in [-0.05, 0) is 54.1 Å². The Hall–Kier alpha value is -5.36. The molecule has 0 saturated heterocycles. The fourth-order valence-corrected chi connectivity index (χ4v) is 4.73. The Balaban J connectivity index is 1.45. The van der Waals surface area contributed by atoms with Crippen molar-refractivity contribution in [1.29, 1.82) is 0 Å². The highest BCUT2D eigenvalue weighted by atomic mass is 16.6. The summed E-state index contributed by atoms with van der Waals surface area (Å²) in [5.74, 6) is 2.53. The van der Waals surface area contributed by atoms with Gasteiger partial charge < -0.3 is 34.5 Å². The number of carbonyl (C=O) groups excluding carboxylic acids is 1. The van der Waals surface area contributed by atoms with Gasteiger partial charge in [0.15, 0.2) is 0 Å². The van der Waals surface area contributed by atoms with Crippen LogP contribution in [0.25, 0.3) is 0 Å². The summed E-state index contributed by atoms with van der Waals surface area (Å²) in [4.78, 5) is 31.0. The van der Waals surface area contributed by atoms with Crippen LogP contribution in [-0.4, -0.2) is 55.3 Å². The smallest absolute Gasteiger partial charge is 0.271 e. The SMILES string of the molecule is COCCOc1ccc(Nc2nc(Nc3cccc([N+](=O)[O-])c3)cc3c2C(=O)N(Cc2ccc(OC)cc2OC)C3)cc1. The van der Waals surface area contributed by atoms with Crippen LogP contribution in [0, 0.1) is 10.1 Å². The number of non-ortho nitro benzene ring substituents is 1. The molecule has 12 heteroatoms. The van der Waals surface area contributed by atoms with Gasteiger partial charge in [-0.25, -0.2) is 4.98 Å². The van der Waals surface area contributed by atoms with E-state index in [1.807, 2.05) is 36.4 Å². The van der Waals surface area contributed by atoms with Gasteiger partial charge in [0, 0.05) is 55.3 Å². The minimum Gasteiger partial charge on any atom is -0.497 e. The number of benzene rings is 3. The molecular formula is C31H31N5O7. The lowest BCUT2D eigenvalue weighted by molar-refractivity contribution is -0.384. The number of nitro benzene ring substituents is 1. The van der Waals surface area contributed by atoms with E-state index >= 15 is 0 Å². The van der Waals surface area contributed by atoms with Crippen LogP contribution in [0.15, 0.2) is 72.8 Å². The maximum atomic E-state index is 13.8. The first-order valence-electron chi connectivity index (χ1n) is 13.4. The average Bonchev–Trinajstić information content (AvgIpc) is 3.33. The number of nitrogens with one attached hydrogen (secondary N) is 2. The van der Waals surface area contributed by atoms with Crippen LogP contribution in [-0.2, 0) is 17.8 Å². The molecular weight excluding hydrogens is 554 g/mol. The van der Waals surface area contributed by atoms with E-state index in [0.29, 0.717) is 72.1 Å². The van der Waals surface area contributed by atoms with Gasteiger partial charge in [-0.2, -0.15) is 0 Å². The van der Waals surface area contributed by atoms with Crippen molar-refractivity contribution < 1.29 is 28.7 Å². The molecule has 2 N–H and O–H groups in total. The lowest BCUT2D eigenvalue weighted by atomic mass is 10.1. The van der Waals surface area contributed by atoms with Crippen LogP contribution in [0.5, 0.6) is 17.2 Å². The van der Waals surface area contributed by atoms with Crippen LogP contribution in [0.4, 0.5) is 28.7 Å². The minimum atomic E-state index is -0.457. The summed E-state index contributed by atoms with van der Waals surface area (Å²) in [6.45, 7) is 1.53. The second-order valence-corrected chi connectivity index (χ2v) is 9.65. The Bertz CT molecular complexity index is 1630. The second kappa shape index (κ2) is 13.1. The summed E-state index contributed by atoms with van der Waals surface area (Å²) in [7, 11) is 4.77. The summed E-state index contributed by atoms with van der Waals surface area (Å²) in [5.41, 5.74) is 3.16. The van der Waals surface area contributed by atoms with Gasteiger partial charge in [-0.15, -0.1) is 0 Å². The first kappa shape index (κ1) is 29.1. The summed E-state index contributed by atoms with van der Waals surface area (Å²) in [5, 5.41) is 17.7. The van der Waals surface area contributed by atoms with Crippen molar-refractivity contribution in [2.24, 2.45) is 0 Å². The molecule has 0 fully saturated rings. The first-order chi connectivity index (χ1) is 20.9. The molecule has 0 radical (unpaired) electrons. The highest BCUT2D eigenvalue weighted by Gasteiger charge is 2.32. The number of hydrogen-bond donors (Lipinski definition) is 2. The van der Waals surface area contributed by atoms with Gasteiger partial charge in [0.1, 0.15) is 35.5 Å². The standard InChI is InChI=1S/C31H31N5O7/c1-40-13-14-43-25-11-8-22(9-12-25)33-30-29-21(15-28(34-30)32-23-5-4-6-24(16-23)36(38)39)19-35(31(29)37)18-20-7-10-26(41-2)17-27(20)42-3/h4-12,15-17H,13-14,18-19H2,1-3H3,(H2,32,33,34). The Morgan fingerprint density at radius 2 is 1.70 bits per heavy atom. The van der Waals surface area contributed by atoms with Crippen LogP contribution in [0.3, 0.4) is 0 Å². The topological polar surface area (TPSA) is 137 Å². The number of anilines is 4. The molecule has 0 saturated carbocycles. The molecule has 0 aliphatic carbocycles. The minimum absolute atomic E-state index is 0.0490. The van der Waals surface area contributed by atoms with Crippen molar-refractivity contribution in [3.63, 3.8) is 0 Å². The van der Waals surface area contributed by atoms with Crippen molar-refractivity contribution >= 4 is 34.6 Å². The molecule has 2 heterocycles. The summed E-state index contributed by atoms with van der Waals surface area (Å²) in [6, 6.07) is 20.7. The predicted molar refractivity (Wildman–Crippen MR) is 161 cm³/mol. The average molecular weight is 586 g/mol. The summed E-state index contributed by atoms with van der Waals surface area (Å²) in [6.07, 6.45) is 0. The second-order valence-electron chi connectivity index (χ2n) is 9.65. The van der Waals surface area contributed by atoms with Gasteiger partial charge >= 0.3 is 0 Å². The number of rotatable bonds is 13.